The fourth-order valence-corrected chi connectivity index (χ4v) is 2.32. The van der Waals surface area contributed by atoms with Crippen LogP contribution in [0.4, 0.5) is 9.59 Å². The van der Waals surface area contributed by atoms with Gasteiger partial charge in [0.2, 0.25) is 0 Å². The van der Waals surface area contributed by atoms with Gasteiger partial charge in [0.1, 0.15) is 0 Å². The number of benzene rings is 2. The van der Waals surface area contributed by atoms with Gasteiger partial charge in [-0.25, -0.2) is 9.59 Å². The average molecular weight is 376 g/mol. The summed E-state index contributed by atoms with van der Waals surface area (Å²) in [6.45, 7) is 0. The Morgan fingerprint density at radius 1 is 0.667 bits per heavy atom. The van der Waals surface area contributed by atoms with E-state index in [1.165, 1.54) is 28.4 Å². The van der Waals surface area contributed by atoms with E-state index in [1.807, 2.05) is 12.1 Å². The molecular weight excluding hydrogens is 356 g/mol. The molecule has 27 heavy (non-hydrogen) atoms. The lowest BCUT2D eigenvalue weighted by Gasteiger charge is -2.12. The van der Waals surface area contributed by atoms with Crippen molar-refractivity contribution in [1.29, 1.82) is 0 Å². The minimum atomic E-state index is -0.844. The van der Waals surface area contributed by atoms with Crippen molar-refractivity contribution in [3.63, 3.8) is 0 Å². The van der Waals surface area contributed by atoms with Crippen molar-refractivity contribution in [1.82, 2.24) is 0 Å². The molecule has 0 saturated carbocycles. The first kappa shape index (κ1) is 19.9. The molecule has 0 bridgehead atoms. The monoisotopic (exact) mass is 376 g/mol. The Bertz CT molecular complexity index is 748. The highest BCUT2D eigenvalue weighted by atomic mass is 16.7. The maximum atomic E-state index is 11.4. The molecule has 0 spiro atoms. The predicted molar refractivity (Wildman–Crippen MR) is 94.9 cm³/mol. The lowest BCUT2D eigenvalue weighted by molar-refractivity contribution is 0.119. The molecule has 0 aliphatic rings. The van der Waals surface area contributed by atoms with Gasteiger partial charge in [0, 0.05) is 0 Å². The van der Waals surface area contributed by atoms with E-state index < -0.39 is 12.3 Å². The lowest BCUT2D eigenvalue weighted by atomic mass is 10.0. The van der Waals surface area contributed by atoms with Crippen LogP contribution in [0.3, 0.4) is 0 Å². The first-order valence-electron chi connectivity index (χ1n) is 7.86. The van der Waals surface area contributed by atoms with Gasteiger partial charge in [-0.15, -0.1) is 0 Å². The van der Waals surface area contributed by atoms with Gasteiger partial charge in [0.05, 0.1) is 28.4 Å². The van der Waals surface area contributed by atoms with Gasteiger partial charge in [-0.2, -0.15) is 0 Å². The van der Waals surface area contributed by atoms with Gasteiger partial charge >= 0.3 is 12.3 Å². The molecule has 0 amide bonds. The first-order chi connectivity index (χ1) is 13.0. The molecule has 0 aromatic heterocycles. The summed E-state index contributed by atoms with van der Waals surface area (Å²) < 4.78 is 29.6. The van der Waals surface area contributed by atoms with E-state index >= 15 is 0 Å². The topological polar surface area (TPSA) is 89.5 Å². The summed E-state index contributed by atoms with van der Waals surface area (Å²) >= 11 is 0. The molecule has 2 rings (SSSR count). The summed E-state index contributed by atoms with van der Waals surface area (Å²) in [6, 6.07) is 10.4. The molecule has 0 N–H and O–H groups in total. The smallest absolute Gasteiger partial charge is 0.493 e. The Labute approximate surface area is 156 Å². The standard InChI is InChI=1S/C19H20O8/c1-22-14-7-5-12(10-16(14)26-18(20)24-3)9-13-6-8-15(23-2)17(11-13)27-19(21)25-4/h5-8,10-11H,9H2,1-4H3. The van der Waals surface area contributed by atoms with Crippen LogP contribution in [0, 0.1) is 0 Å². The lowest BCUT2D eigenvalue weighted by Crippen LogP contribution is -2.09. The van der Waals surface area contributed by atoms with Crippen LogP contribution in [0.15, 0.2) is 36.4 Å². The van der Waals surface area contributed by atoms with Crippen LogP contribution >= 0.6 is 0 Å². The molecule has 0 aliphatic carbocycles. The molecule has 0 aliphatic heterocycles. The number of carbonyl (C=O) groups excluding carboxylic acids is 2. The Balaban J connectivity index is 2.27. The Morgan fingerprint density at radius 3 is 1.41 bits per heavy atom. The largest absolute Gasteiger partial charge is 0.513 e. The highest BCUT2D eigenvalue weighted by molar-refractivity contribution is 5.66. The maximum Gasteiger partial charge on any atom is 0.513 e. The molecule has 8 nitrogen and oxygen atoms in total. The van der Waals surface area contributed by atoms with Crippen molar-refractivity contribution in [2.45, 2.75) is 6.42 Å². The molecule has 2 aromatic carbocycles. The van der Waals surface area contributed by atoms with E-state index in [4.69, 9.17) is 18.9 Å². The SMILES string of the molecule is COC(=O)Oc1cc(Cc2ccc(OC)c(OC(=O)OC)c2)ccc1OC. The van der Waals surface area contributed by atoms with E-state index in [9.17, 15) is 9.59 Å². The second-order valence-corrected chi connectivity index (χ2v) is 5.26. The van der Waals surface area contributed by atoms with Crippen LogP contribution in [0.5, 0.6) is 23.0 Å². The predicted octanol–water partition coefficient (Wildman–Crippen LogP) is 3.59. The van der Waals surface area contributed by atoms with Crippen LogP contribution in [0.1, 0.15) is 11.1 Å². The third-order valence-corrected chi connectivity index (χ3v) is 3.58. The highest BCUT2D eigenvalue weighted by Crippen LogP contribution is 2.32. The van der Waals surface area contributed by atoms with Crippen LogP contribution in [-0.2, 0) is 15.9 Å². The summed E-state index contributed by atoms with van der Waals surface area (Å²) in [5.41, 5.74) is 1.67. The first-order valence-corrected chi connectivity index (χ1v) is 7.86. The summed E-state index contributed by atoms with van der Waals surface area (Å²) in [7, 11) is 5.38. The third kappa shape index (κ3) is 5.27. The molecule has 0 saturated heterocycles. The molecule has 0 fully saturated rings. The molecular formula is C19H20O8. The number of rotatable bonds is 6. The molecule has 144 valence electrons. The zero-order chi connectivity index (χ0) is 19.8. The third-order valence-electron chi connectivity index (χ3n) is 3.58. The Kier molecular flexibility index (Phi) is 6.87. The van der Waals surface area contributed by atoms with Gasteiger partial charge in [-0.3, -0.25) is 0 Å². The number of hydrogen-bond donors (Lipinski definition) is 0. The van der Waals surface area contributed by atoms with E-state index in [1.54, 1.807) is 24.3 Å². The molecule has 0 heterocycles. The van der Waals surface area contributed by atoms with E-state index in [2.05, 4.69) is 9.47 Å². The molecule has 0 atom stereocenters. The Hall–Kier alpha value is -3.42. The van der Waals surface area contributed by atoms with E-state index in [0.29, 0.717) is 17.9 Å². The minimum absolute atomic E-state index is 0.237. The summed E-state index contributed by atoms with van der Waals surface area (Å²) in [4.78, 5) is 22.8. The molecule has 0 radical (unpaired) electrons. The van der Waals surface area contributed by atoms with Crippen LogP contribution in [0.2, 0.25) is 0 Å². The summed E-state index contributed by atoms with van der Waals surface area (Å²) in [5.74, 6) is 1.27. The van der Waals surface area contributed by atoms with E-state index in [0.717, 1.165) is 11.1 Å². The van der Waals surface area contributed by atoms with Gasteiger partial charge in [0.15, 0.2) is 23.0 Å². The van der Waals surface area contributed by atoms with Crippen molar-refractivity contribution in [2.24, 2.45) is 0 Å². The zero-order valence-electron chi connectivity index (χ0n) is 15.4. The van der Waals surface area contributed by atoms with Crippen molar-refractivity contribution < 1.29 is 38.0 Å². The fraction of sp³-hybridized carbons (Fsp3) is 0.263. The maximum absolute atomic E-state index is 11.4. The minimum Gasteiger partial charge on any atom is -0.493 e. The second-order valence-electron chi connectivity index (χ2n) is 5.26. The van der Waals surface area contributed by atoms with Crippen LogP contribution < -0.4 is 18.9 Å². The zero-order valence-corrected chi connectivity index (χ0v) is 15.4. The average Bonchev–Trinajstić information content (AvgIpc) is 2.68. The number of hydrogen-bond acceptors (Lipinski definition) is 8. The van der Waals surface area contributed by atoms with E-state index in [-0.39, 0.29) is 11.5 Å². The normalized spacial score (nSPS) is 9.93. The molecule has 0 unspecified atom stereocenters. The quantitative estimate of drug-likeness (QED) is 0.558. The summed E-state index contributed by atoms with van der Waals surface area (Å²) in [6.07, 6.45) is -1.21. The van der Waals surface area contributed by atoms with Gasteiger partial charge < -0.3 is 28.4 Å². The second kappa shape index (κ2) is 9.33. The van der Waals surface area contributed by atoms with Gasteiger partial charge in [-0.1, -0.05) is 12.1 Å². The molecule has 8 heteroatoms. The number of carbonyl (C=O) groups is 2. The van der Waals surface area contributed by atoms with Crippen LogP contribution in [-0.4, -0.2) is 40.7 Å². The van der Waals surface area contributed by atoms with Gasteiger partial charge in [-0.05, 0) is 41.8 Å². The Morgan fingerprint density at radius 2 is 1.07 bits per heavy atom. The van der Waals surface area contributed by atoms with Gasteiger partial charge in [0.25, 0.3) is 0 Å². The number of methoxy groups -OCH3 is 4. The van der Waals surface area contributed by atoms with Crippen molar-refractivity contribution >= 4 is 12.3 Å². The van der Waals surface area contributed by atoms with Crippen LogP contribution in [0.25, 0.3) is 0 Å². The molecule has 2 aromatic rings. The highest BCUT2D eigenvalue weighted by Gasteiger charge is 2.14. The number of ether oxygens (including phenoxy) is 6. The summed E-state index contributed by atoms with van der Waals surface area (Å²) in [5, 5.41) is 0. The van der Waals surface area contributed by atoms with Crippen molar-refractivity contribution in [3.05, 3.63) is 47.5 Å². The van der Waals surface area contributed by atoms with Crippen molar-refractivity contribution in [3.8, 4) is 23.0 Å². The fourth-order valence-electron chi connectivity index (χ4n) is 2.32. The van der Waals surface area contributed by atoms with Crippen molar-refractivity contribution in [2.75, 3.05) is 28.4 Å².